The van der Waals surface area contributed by atoms with Gasteiger partial charge in [0.05, 0.1) is 15.9 Å². The van der Waals surface area contributed by atoms with E-state index >= 15 is 0 Å². The quantitative estimate of drug-likeness (QED) is 0.774. The zero-order chi connectivity index (χ0) is 16.4. The predicted molar refractivity (Wildman–Crippen MR) is 94.4 cm³/mol. The number of nitrogens with zero attached hydrogens (tertiary/aromatic N) is 3. The molecule has 0 amide bonds. The zero-order valence-corrected chi connectivity index (χ0v) is 15.3. The summed E-state index contributed by atoms with van der Waals surface area (Å²) < 4.78 is 29.4. The van der Waals surface area contributed by atoms with Gasteiger partial charge in [0.1, 0.15) is 0 Å². The van der Waals surface area contributed by atoms with Crippen molar-refractivity contribution in [3.05, 3.63) is 18.2 Å². The topological polar surface area (TPSA) is 55.2 Å². The number of fused-ring (bicyclic) bond motifs is 1. The Balaban J connectivity index is 2.02. The summed E-state index contributed by atoms with van der Waals surface area (Å²) in [5.74, 6) is 0.947. The van der Waals surface area contributed by atoms with Gasteiger partial charge in [0.15, 0.2) is 5.16 Å². The van der Waals surface area contributed by atoms with Crippen LogP contribution in [0.25, 0.3) is 11.0 Å². The second-order valence-electron chi connectivity index (χ2n) is 5.69. The minimum Gasteiger partial charge on any atom is -0.319 e. The average molecular weight is 354 g/mol. The van der Waals surface area contributed by atoms with E-state index in [9.17, 15) is 8.42 Å². The van der Waals surface area contributed by atoms with Gasteiger partial charge in [-0.15, -0.1) is 0 Å². The highest BCUT2D eigenvalue weighted by Gasteiger charge is 2.26. The van der Waals surface area contributed by atoms with Crippen molar-refractivity contribution in [1.82, 2.24) is 13.9 Å². The number of piperidine rings is 1. The summed E-state index contributed by atoms with van der Waals surface area (Å²) in [6.07, 6.45) is 3.01. The van der Waals surface area contributed by atoms with Crippen LogP contribution < -0.4 is 0 Å². The Bertz CT molecular complexity index is 793. The number of imidazole rings is 1. The molecule has 3 rings (SSSR count). The van der Waals surface area contributed by atoms with Crippen molar-refractivity contribution in [3.8, 4) is 0 Å². The molecule has 1 saturated heterocycles. The first-order chi connectivity index (χ1) is 11.1. The Kier molecular flexibility index (Phi) is 4.98. The first-order valence-corrected chi connectivity index (χ1v) is 10.6. The molecule has 126 valence electrons. The number of hydrogen-bond acceptors (Lipinski definition) is 4. The van der Waals surface area contributed by atoms with Crippen LogP contribution in [0.1, 0.15) is 33.1 Å². The smallest absolute Gasteiger partial charge is 0.243 e. The van der Waals surface area contributed by atoms with Gasteiger partial charge < -0.3 is 4.57 Å². The van der Waals surface area contributed by atoms with E-state index in [1.165, 1.54) is 0 Å². The molecule has 1 aliphatic heterocycles. The molecule has 1 aliphatic rings. The Labute approximate surface area is 142 Å². The van der Waals surface area contributed by atoms with Gasteiger partial charge >= 0.3 is 0 Å². The molecule has 0 radical (unpaired) electrons. The van der Waals surface area contributed by atoms with Crippen molar-refractivity contribution >= 4 is 32.8 Å². The van der Waals surface area contributed by atoms with Gasteiger partial charge in [-0.3, -0.25) is 0 Å². The zero-order valence-electron chi connectivity index (χ0n) is 13.7. The highest BCUT2D eigenvalue weighted by molar-refractivity contribution is 7.99. The van der Waals surface area contributed by atoms with E-state index in [2.05, 4.69) is 23.4 Å². The first kappa shape index (κ1) is 16.8. The van der Waals surface area contributed by atoms with E-state index < -0.39 is 10.0 Å². The molecular weight excluding hydrogens is 330 g/mol. The summed E-state index contributed by atoms with van der Waals surface area (Å²) in [6, 6.07) is 5.34. The Hall–Kier alpha value is -1.05. The number of sulfonamides is 1. The number of benzene rings is 1. The van der Waals surface area contributed by atoms with Gasteiger partial charge in [-0.2, -0.15) is 4.31 Å². The largest absolute Gasteiger partial charge is 0.319 e. The van der Waals surface area contributed by atoms with Crippen LogP contribution in [0, 0.1) is 0 Å². The predicted octanol–water partition coefficient (Wildman–Crippen LogP) is 3.34. The van der Waals surface area contributed by atoms with E-state index in [4.69, 9.17) is 0 Å². The minimum atomic E-state index is -3.40. The molecule has 0 bridgehead atoms. The molecule has 0 saturated carbocycles. The summed E-state index contributed by atoms with van der Waals surface area (Å²) in [4.78, 5) is 5.00. The lowest BCUT2D eigenvalue weighted by Crippen LogP contribution is -2.35. The molecular formula is C16H23N3O2S2. The second-order valence-corrected chi connectivity index (χ2v) is 8.86. The lowest BCUT2D eigenvalue weighted by molar-refractivity contribution is 0.346. The fourth-order valence-electron chi connectivity index (χ4n) is 3.05. The molecule has 1 aromatic carbocycles. The molecule has 0 spiro atoms. The molecule has 2 heterocycles. The van der Waals surface area contributed by atoms with Crippen molar-refractivity contribution in [2.45, 2.75) is 49.7 Å². The molecule has 0 unspecified atom stereocenters. The van der Waals surface area contributed by atoms with Crippen molar-refractivity contribution < 1.29 is 8.42 Å². The maximum atomic E-state index is 12.8. The van der Waals surface area contributed by atoms with Crippen LogP contribution in [0.5, 0.6) is 0 Å². The van der Waals surface area contributed by atoms with Gasteiger partial charge in [0.2, 0.25) is 10.0 Å². The van der Waals surface area contributed by atoms with E-state index in [1.54, 1.807) is 28.2 Å². The fraction of sp³-hybridized carbons (Fsp3) is 0.562. The SMILES string of the molecule is CCSc1nc2cc(S(=O)(=O)N3CCCCC3)ccc2n1CC. The summed E-state index contributed by atoms with van der Waals surface area (Å²) in [5, 5.41) is 0.956. The number of rotatable bonds is 5. The Morgan fingerprint density at radius 3 is 2.57 bits per heavy atom. The van der Waals surface area contributed by atoms with E-state index in [0.29, 0.717) is 18.0 Å². The van der Waals surface area contributed by atoms with Crippen LogP contribution in [-0.4, -0.2) is 41.1 Å². The lowest BCUT2D eigenvalue weighted by Gasteiger charge is -2.25. The monoisotopic (exact) mass is 353 g/mol. The van der Waals surface area contributed by atoms with Gasteiger partial charge in [-0.05, 0) is 43.7 Å². The molecule has 0 aliphatic carbocycles. The molecule has 0 N–H and O–H groups in total. The van der Waals surface area contributed by atoms with Gasteiger partial charge in [-0.1, -0.05) is 25.1 Å². The van der Waals surface area contributed by atoms with Crippen LogP contribution in [0.15, 0.2) is 28.3 Å². The van der Waals surface area contributed by atoms with Crippen molar-refractivity contribution in [2.75, 3.05) is 18.8 Å². The first-order valence-electron chi connectivity index (χ1n) is 8.21. The van der Waals surface area contributed by atoms with Crippen molar-refractivity contribution in [3.63, 3.8) is 0 Å². The van der Waals surface area contributed by atoms with E-state index in [0.717, 1.165) is 47.7 Å². The third-order valence-corrected chi connectivity index (χ3v) is 6.98. The van der Waals surface area contributed by atoms with Crippen LogP contribution in [0.2, 0.25) is 0 Å². The average Bonchev–Trinajstić information content (AvgIpc) is 2.92. The fourth-order valence-corrected chi connectivity index (χ4v) is 5.39. The van der Waals surface area contributed by atoms with E-state index in [-0.39, 0.29) is 0 Å². The molecule has 2 aromatic rings. The normalized spacial score (nSPS) is 17.0. The van der Waals surface area contributed by atoms with Gasteiger partial charge in [0.25, 0.3) is 0 Å². The second kappa shape index (κ2) is 6.83. The minimum absolute atomic E-state index is 0.362. The van der Waals surface area contributed by atoms with Crippen molar-refractivity contribution in [2.24, 2.45) is 0 Å². The third-order valence-electron chi connectivity index (χ3n) is 4.23. The molecule has 0 atom stereocenters. The van der Waals surface area contributed by atoms with E-state index in [1.807, 2.05) is 6.07 Å². The molecule has 5 nitrogen and oxygen atoms in total. The van der Waals surface area contributed by atoms with Crippen molar-refractivity contribution in [1.29, 1.82) is 0 Å². The van der Waals surface area contributed by atoms with Crippen LogP contribution >= 0.6 is 11.8 Å². The number of aryl methyl sites for hydroxylation is 1. The number of thioether (sulfide) groups is 1. The van der Waals surface area contributed by atoms with Gasteiger partial charge in [0, 0.05) is 19.6 Å². The number of aromatic nitrogens is 2. The standard InChI is InChI=1S/C16H23N3O2S2/c1-3-19-15-9-8-13(12-14(15)17-16(19)22-4-2)23(20,21)18-10-6-5-7-11-18/h8-9,12H,3-7,10-11H2,1-2H3. The highest BCUT2D eigenvalue weighted by atomic mass is 32.2. The molecule has 23 heavy (non-hydrogen) atoms. The summed E-state index contributed by atoms with van der Waals surface area (Å²) in [5.41, 5.74) is 1.77. The third kappa shape index (κ3) is 3.14. The Morgan fingerprint density at radius 2 is 1.91 bits per heavy atom. The lowest BCUT2D eigenvalue weighted by atomic mass is 10.2. The highest BCUT2D eigenvalue weighted by Crippen LogP contribution is 2.28. The van der Waals surface area contributed by atoms with Crippen LogP contribution in [0.3, 0.4) is 0 Å². The Morgan fingerprint density at radius 1 is 1.17 bits per heavy atom. The van der Waals surface area contributed by atoms with Gasteiger partial charge in [-0.25, -0.2) is 13.4 Å². The molecule has 7 heteroatoms. The molecule has 1 aromatic heterocycles. The number of hydrogen-bond donors (Lipinski definition) is 0. The summed E-state index contributed by atoms with van der Waals surface area (Å²) >= 11 is 1.69. The maximum Gasteiger partial charge on any atom is 0.243 e. The van der Waals surface area contributed by atoms with Crippen LogP contribution in [0.4, 0.5) is 0 Å². The summed E-state index contributed by atoms with van der Waals surface area (Å²) in [7, 11) is -3.40. The molecule has 1 fully saturated rings. The summed E-state index contributed by atoms with van der Waals surface area (Å²) in [6.45, 7) is 6.26. The van der Waals surface area contributed by atoms with Crippen LogP contribution in [-0.2, 0) is 16.6 Å². The maximum absolute atomic E-state index is 12.8.